The first kappa shape index (κ1) is 14.1. The Balaban J connectivity index is 2.62. The number of para-hydroxylation sites is 1. The van der Waals surface area contributed by atoms with Crippen molar-refractivity contribution in [1.29, 1.82) is 0 Å². The van der Waals surface area contributed by atoms with Gasteiger partial charge in [0.15, 0.2) is 0 Å². The van der Waals surface area contributed by atoms with Crippen molar-refractivity contribution in [3.05, 3.63) is 24.3 Å². The molecule has 0 atom stereocenters. The summed E-state index contributed by atoms with van der Waals surface area (Å²) in [5.74, 6) is 0.0303. The number of benzene rings is 1. The fourth-order valence-corrected chi connectivity index (χ4v) is 1.90. The average molecular weight is 252 g/mol. The summed E-state index contributed by atoms with van der Waals surface area (Å²) in [7, 11) is 1.95. The van der Waals surface area contributed by atoms with Gasteiger partial charge in [-0.2, -0.15) is 0 Å². The van der Waals surface area contributed by atoms with E-state index in [1.165, 1.54) is 0 Å². The molecule has 17 heavy (non-hydrogen) atoms. The summed E-state index contributed by atoms with van der Waals surface area (Å²) in [6.07, 6.45) is 2.01. The standard InChI is InChI=1S/C13H20N2OS/c1-10(2)15(3)9-13(16)14-11-7-5-6-8-12(11)17-4/h5-8,10H,9H2,1-4H3,(H,14,16). The number of hydrogen-bond donors (Lipinski definition) is 1. The third-order valence-electron chi connectivity index (χ3n) is 2.66. The lowest BCUT2D eigenvalue weighted by molar-refractivity contribution is -0.117. The SMILES string of the molecule is CSc1ccccc1NC(=O)CN(C)C(C)C. The second-order valence-corrected chi connectivity index (χ2v) is 5.11. The first-order valence-corrected chi connectivity index (χ1v) is 6.90. The summed E-state index contributed by atoms with van der Waals surface area (Å²) in [5.41, 5.74) is 0.891. The van der Waals surface area contributed by atoms with Gasteiger partial charge in [0.05, 0.1) is 12.2 Å². The van der Waals surface area contributed by atoms with E-state index in [0.29, 0.717) is 12.6 Å². The third kappa shape index (κ3) is 4.40. The van der Waals surface area contributed by atoms with Gasteiger partial charge in [-0.05, 0) is 39.3 Å². The normalized spacial score (nSPS) is 10.9. The molecule has 94 valence electrons. The van der Waals surface area contributed by atoms with Crippen LogP contribution in [0, 0.1) is 0 Å². The fourth-order valence-electron chi connectivity index (χ4n) is 1.35. The molecule has 0 bridgehead atoms. The van der Waals surface area contributed by atoms with Crippen molar-refractivity contribution in [2.75, 3.05) is 25.2 Å². The molecule has 0 saturated heterocycles. The van der Waals surface area contributed by atoms with Gasteiger partial charge in [0, 0.05) is 10.9 Å². The van der Waals surface area contributed by atoms with E-state index >= 15 is 0 Å². The van der Waals surface area contributed by atoms with E-state index in [1.807, 2.05) is 42.5 Å². The second-order valence-electron chi connectivity index (χ2n) is 4.26. The molecule has 0 unspecified atom stereocenters. The van der Waals surface area contributed by atoms with Crippen molar-refractivity contribution >= 4 is 23.4 Å². The zero-order valence-corrected chi connectivity index (χ0v) is 11.7. The number of hydrogen-bond acceptors (Lipinski definition) is 3. The van der Waals surface area contributed by atoms with Crippen LogP contribution >= 0.6 is 11.8 Å². The number of nitrogens with one attached hydrogen (secondary N) is 1. The van der Waals surface area contributed by atoms with Crippen molar-refractivity contribution in [3.8, 4) is 0 Å². The number of nitrogens with zero attached hydrogens (tertiary/aromatic N) is 1. The Labute approximate surface area is 108 Å². The Kier molecular flexibility index (Phi) is 5.51. The summed E-state index contributed by atoms with van der Waals surface area (Å²) in [4.78, 5) is 14.9. The zero-order chi connectivity index (χ0) is 12.8. The predicted molar refractivity (Wildman–Crippen MR) is 74.6 cm³/mol. The van der Waals surface area contributed by atoms with Crippen LogP contribution in [-0.2, 0) is 4.79 Å². The predicted octanol–water partition coefficient (Wildman–Crippen LogP) is 2.69. The molecule has 0 saturated carbocycles. The van der Waals surface area contributed by atoms with Crippen LogP contribution in [0.25, 0.3) is 0 Å². The zero-order valence-electron chi connectivity index (χ0n) is 10.9. The van der Waals surface area contributed by atoms with Gasteiger partial charge >= 0.3 is 0 Å². The lowest BCUT2D eigenvalue weighted by Gasteiger charge is -2.20. The van der Waals surface area contributed by atoms with Crippen LogP contribution in [0.4, 0.5) is 5.69 Å². The average Bonchev–Trinajstić information content (AvgIpc) is 2.29. The smallest absolute Gasteiger partial charge is 0.238 e. The number of likely N-dealkylation sites (N-methyl/N-ethyl adjacent to an activating group) is 1. The Hall–Kier alpha value is -1.00. The van der Waals surface area contributed by atoms with Gasteiger partial charge in [-0.1, -0.05) is 12.1 Å². The van der Waals surface area contributed by atoms with Crippen LogP contribution in [-0.4, -0.2) is 36.7 Å². The van der Waals surface area contributed by atoms with Crippen LogP contribution in [0.2, 0.25) is 0 Å². The van der Waals surface area contributed by atoms with Gasteiger partial charge in [-0.3, -0.25) is 9.69 Å². The minimum Gasteiger partial charge on any atom is -0.324 e. The molecule has 1 N–H and O–H groups in total. The maximum absolute atomic E-state index is 11.8. The molecule has 0 aliphatic rings. The maximum Gasteiger partial charge on any atom is 0.238 e. The topological polar surface area (TPSA) is 32.3 Å². The molecule has 0 aliphatic heterocycles. The summed E-state index contributed by atoms with van der Waals surface area (Å²) in [6, 6.07) is 8.21. The van der Waals surface area contributed by atoms with Crippen LogP contribution in [0.1, 0.15) is 13.8 Å². The van der Waals surface area contributed by atoms with E-state index in [-0.39, 0.29) is 5.91 Å². The van der Waals surface area contributed by atoms with E-state index in [0.717, 1.165) is 10.6 Å². The van der Waals surface area contributed by atoms with Crippen molar-refractivity contribution in [1.82, 2.24) is 4.90 Å². The lowest BCUT2D eigenvalue weighted by Crippen LogP contribution is -2.34. The quantitative estimate of drug-likeness (QED) is 0.818. The highest BCUT2D eigenvalue weighted by Crippen LogP contribution is 2.24. The van der Waals surface area contributed by atoms with E-state index in [2.05, 4.69) is 19.2 Å². The largest absolute Gasteiger partial charge is 0.324 e. The van der Waals surface area contributed by atoms with Crippen LogP contribution in [0.3, 0.4) is 0 Å². The van der Waals surface area contributed by atoms with Gasteiger partial charge in [0.25, 0.3) is 0 Å². The number of thioether (sulfide) groups is 1. The Morgan fingerprint density at radius 3 is 2.65 bits per heavy atom. The maximum atomic E-state index is 11.8. The molecule has 4 heteroatoms. The van der Waals surface area contributed by atoms with E-state index < -0.39 is 0 Å². The number of carbonyl (C=O) groups excluding carboxylic acids is 1. The molecule has 0 spiro atoms. The molecule has 0 heterocycles. The highest BCUT2D eigenvalue weighted by Gasteiger charge is 2.10. The monoisotopic (exact) mass is 252 g/mol. The third-order valence-corrected chi connectivity index (χ3v) is 3.45. The molecule has 1 amide bonds. The number of rotatable bonds is 5. The van der Waals surface area contributed by atoms with Gasteiger partial charge in [0.2, 0.25) is 5.91 Å². The van der Waals surface area contributed by atoms with Crippen molar-refractivity contribution in [2.24, 2.45) is 0 Å². The Bertz CT molecular complexity index is 379. The fraction of sp³-hybridized carbons (Fsp3) is 0.462. The minimum atomic E-state index is 0.0303. The summed E-state index contributed by atoms with van der Waals surface area (Å²) >= 11 is 1.63. The molecule has 1 aromatic rings. The van der Waals surface area contributed by atoms with Gasteiger partial charge < -0.3 is 5.32 Å². The molecule has 1 rings (SSSR count). The van der Waals surface area contributed by atoms with Gasteiger partial charge in [-0.15, -0.1) is 11.8 Å². The van der Waals surface area contributed by atoms with Crippen molar-refractivity contribution in [3.63, 3.8) is 0 Å². The molecule has 0 radical (unpaired) electrons. The molecule has 0 aliphatic carbocycles. The minimum absolute atomic E-state index is 0.0303. The first-order chi connectivity index (χ1) is 8.04. The highest BCUT2D eigenvalue weighted by molar-refractivity contribution is 7.98. The van der Waals surface area contributed by atoms with Crippen LogP contribution in [0.5, 0.6) is 0 Å². The summed E-state index contributed by atoms with van der Waals surface area (Å²) < 4.78 is 0. The molecule has 0 fully saturated rings. The van der Waals surface area contributed by atoms with Crippen LogP contribution in [0.15, 0.2) is 29.2 Å². The van der Waals surface area contributed by atoms with E-state index in [1.54, 1.807) is 11.8 Å². The van der Waals surface area contributed by atoms with Crippen molar-refractivity contribution < 1.29 is 4.79 Å². The first-order valence-electron chi connectivity index (χ1n) is 5.67. The van der Waals surface area contributed by atoms with E-state index in [9.17, 15) is 4.79 Å². The van der Waals surface area contributed by atoms with E-state index in [4.69, 9.17) is 0 Å². The Morgan fingerprint density at radius 2 is 2.06 bits per heavy atom. The van der Waals surface area contributed by atoms with Gasteiger partial charge in [-0.25, -0.2) is 0 Å². The number of amides is 1. The summed E-state index contributed by atoms with van der Waals surface area (Å²) in [6.45, 7) is 4.56. The highest BCUT2D eigenvalue weighted by atomic mass is 32.2. The molecule has 1 aromatic carbocycles. The van der Waals surface area contributed by atoms with Crippen LogP contribution < -0.4 is 5.32 Å². The van der Waals surface area contributed by atoms with Gasteiger partial charge in [0.1, 0.15) is 0 Å². The molecule has 3 nitrogen and oxygen atoms in total. The van der Waals surface area contributed by atoms with Crippen molar-refractivity contribution in [2.45, 2.75) is 24.8 Å². The molecular weight excluding hydrogens is 232 g/mol. The molecule has 0 aromatic heterocycles. The number of carbonyl (C=O) groups is 1. The molecular formula is C13H20N2OS. The second kappa shape index (κ2) is 6.67. The lowest BCUT2D eigenvalue weighted by atomic mass is 10.3. The Morgan fingerprint density at radius 1 is 1.41 bits per heavy atom. The number of anilines is 1. The summed E-state index contributed by atoms with van der Waals surface area (Å²) in [5, 5.41) is 2.95.